The summed E-state index contributed by atoms with van der Waals surface area (Å²) in [6.45, 7) is 4.54. The Morgan fingerprint density at radius 2 is 2.00 bits per heavy atom. The number of hydrogen-bond acceptors (Lipinski definition) is 2. The van der Waals surface area contributed by atoms with Gasteiger partial charge in [-0.25, -0.2) is 0 Å². The summed E-state index contributed by atoms with van der Waals surface area (Å²) in [4.78, 5) is 1.47. The number of likely N-dealkylation sites (tertiary alicyclic amines) is 1. The summed E-state index contributed by atoms with van der Waals surface area (Å²) in [6, 6.07) is 0.508. The van der Waals surface area contributed by atoms with Crippen LogP contribution in [0.5, 0.6) is 0 Å². The Balaban J connectivity index is 0.000000396. The van der Waals surface area contributed by atoms with Crippen molar-refractivity contribution in [1.82, 2.24) is 10.2 Å². The molecule has 0 radical (unpaired) electrons. The molecule has 0 aromatic rings. The van der Waals surface area contributed by atoms with Gasteiger partial charge < -0.3 is 5.32 Å². The van der Waals surface area contributed by atoms with E-state index in [1.165, 1.54) is 4.90 Å². The Hall–Kier alpha value is -0.290. The number of nitrogens with one attached hydrogen (secondary N) is 1. The second-order valence-electron chi connectivity index (χ2n) is 3.13. The molecule has 2 rings (SSSR count). The number of rotatable bonds is 1. The smallest absolute Gasteiger partial charge is 0.310 e. The largest absolute Gasteiger partial charge is 0.401 e. The fraction of sp³-hybridized carbons (Fsp3) is 1.00. The zero-order valence-corrected chi connectivity index (χ0v) is 7.86. The molecule has 0 aliphatic carbocycles. The molecule has 1 unspecified atom stereocenters. The third kappa shape index (κ3) is 2.34. The van der Waals surface area contributed by atoms with Gasteiger partial charge in [0.25, 0.3) is 0 Å². The Morgan fingerprint density at radius 3 is 2.23 bits per heavy atom. The third-order valence-electron chi connectivity index (χ3n) is 2.34. The molecule has 2 fully saturated rings. The van der Waals surface area contributed by atoms with Gasteiger partial charge in [0, 0.05) is 25.2 Å². The van der Waals surface area contributed by atoms with Crippen molar-refractivity contribution >= 4 is 0 Å². The molecule has 5 heteroatoms. The highest BCUT2D eigenvalue weighted by atomic mass is 19.4. The number of halogens is 3. The van der Waals surface area contributed by atoms with E-state index in [1.807, 2.05) is 13.8 Å². The van der Waals surface area contributed by atoms with Crippen molar-refractivity contribution in [3.63, 3.8) is 0 Å². The van der Waals surface area contributed by atoms with Gasteiger partial charge in [-0.15, -0.1) is 0 Å². The van der Waals surface area contributed by atoms with Crippen LogP contribution >= 0.6 is 0 Å². The number of hydrogen-bond donors (Lipinski definition) is 1. The molecular formula is C8H15F3N2. The number of piperazine rings is 1. The van der Waals surface area contributed by atoms with Gasteiger partial charge in [-0.05, 0) is 0 Å². The van der Waals surface area contributed by atoms with Crippen LogP contribution in [0.2, 0.25) is 0 Å². The van der Waals surface area contributed by atoms with Crippen LogP contribution in [0.1, 0.15) is 13.8 Å². The first-order valence-corrected chi connectivity index (χ1v) is 4.60. The van der Waals surface area contributed by atoms with Crippen LogP contribution < -0.4 is 5.32 Å². The van der Waals surface area contributed by atoms with Gasteiger partial charge in [-0.1, -0.05) is 13.8 Å². The van der Waals surface area contributed by atoms with Crippen LogP contribution in [0.15, 0.2) is 0 Å². The molecule has 0 saturated carbocycles. The molecule has 0 aromatic carbocycles. The van der Waals surface area contributed by atoms with Crippen molar-refractivity contribution in [3.8, 4) is 0 Å². The molecule has 0 spiro atoms. The van der Waals surface area contributed by atoms with Crippen LogP contribution in [-0.4, -0.2) is 42.8 Å². The topological polar surface area (TPSA) is 15.3 Å². The molecule has 2 aliphatic heterocycles. The highest BCUT2D eigenvalue weighted by molar-refractivity contribution is 5.06. The first-order valence-electron chi connectivity index (χ1n) is 4.60. The van der Waals surface area contributed by atoms with Gasteiger partial charge in [0.15, 0.2) is 0 Å². The fourth-order valence-corrected chi connectivity index (χ4v) is 1.62. The lowest BCUT2D eigenvalue weighted by Gasteiger charge is -2.56. The SMILES string of the molecule is CC.FC(F)(F)CN1CC2NC[C@@H]21. The minimum atomic E-state index is -4.03. The molecule has 2 aliphatic rings. The molecular weight excluding hydrogens is 181 g/mol. The highest BCUT2D eigenvalue weighted by Crippen LogP contribution is 2.28. The maximum atomic E-state index is 11.8. The predicted octanol–water partition coefficient (Wildman–Crippen LogP) is 1.23. The second kappa shape index (κ2) is 3.84. The first-order chi connectivity index (χ1) is 6.06. The van der Waals surface area contributed by atoms with Crippen molar-refractivity contribution < 1.29 is 13.2 Å². The van der Waals surface area contributed by atoms with Gasteiger partial charge in [-0.2, -0.15) is 13.2 Å². The van der Waals surface area contributed by atoms with E-state index in [0.717, 1.165) is 6.54 Å². The zero-order chi connectivity index (χ0) is 10.1. The van der Waals surface area contributed by atoms with Gasteiger partial charge in [0.05, 0.1) is 6.54 Å². The number of nitrogens with zero attached hydrogens (tertiary/aromatic N) is 1. The molecule has 2 nitrogen and oxygen atoms in total. The van der Waals surface area contributed by atoms with Crippen LogP contribution in [0.4, 0.5) is 13.2 Å². The predicted molar refractivity (Wildman–Crippen MR) is 44.6 cm³/mol. The van der Waals surface area contributed by atoms with E-state index in [0.29, 0.717) is 12.6 Å². The van der Waals surface area contributed by atoms with Crippen molar-refractivity contribution in [2.24, 2.45) is 0 Å². The minimum absolute atomic E-state index is 0.164. The van der Waals surface area contributed by atoms with Crippen LogP contribution in [-0.2, 0) is 0 Å². The normalized spacial score (nSPS) is 32.1. The quantitative estimate of drug-likeness (QED) is 0.678. The molecule has 0 aromatic heterocycles. The summed E-state index contributed by atoms with van der Waals surface area (Å²) in [5.74, 6) is 0. The standard InChI is InChI=1S/C6H9F3N2.C2H6/c7-6(8,9)3-11-2-4-5(11)1-10-4;1-2/h4-5,10H,1-3H2;1-2H3/t4?,5-;/m0./s1. The van der Waals surface area contributed by atoms with E-state index in [1.54, 1.807) is 0 Å². The molecule has 13 heavy (non-hydrogen) atoms. The average Bonchev–Trinajstić information content (AvgIpc) is 2.00. The molecule has 2 atom stereocenters. The van der Waals surface area contributed by atoms with Crippen molar-refractivity contribution in [3.05, 3.63) is 0 Å². The summed E-state index contributed by atoms with van der Waals surface area (Å²) in [5.41, 5.74) is 0. The minimum Gasteiger partial charge on any atom is -0.310 e. The number of fused-ring (bicyclic) bond motifs is 1. The lowest BCUT2D eigenvalue weighted by molar-refractivity contribution is -0.175. The fourth-order valence-electron chi connectivity index (χ4n) is 1.62. The van der Waals surface area contributed by atoms with Crippen molar-refractivity contribution in [2.45, 2.75) is 32.1 Å². The second-order valence-corrected chi connectivity index (χ2v) is 3.13. The van der Waals surface area contributed by atoms with Gasteiger partial charge in [-0.3, -0.25) is 4.90 Å². The van der Waals surface area contributed by atoms with Crippen LogP contribution in [0.3, 0.4) is 0 Å². The molecule has 0 bridgehead atoms. The van der Waals surface area contributed by atoms with Gasteiger partial charge >= 0.3 is 6.18 Å². The van der Waals surface area contributed by atoms with E-state index in [2.05, 4.69) is 5.32 Å². The van der Waals surface area contributed by atoms with Crippen molar-refractivity contribution in [1.29, 1.82) is 0 Å². The molecule has 1 N–H and O–H groups in total. The Labute approximate surface area is 76.1 Å². The Morgan fingerprint density at radius 1 is 1.38 bits per heavy atom. The van der Waals surface area contributed by atoms with Crippen LogP contribution in [0, 0.1) is 0 Å². The summed E-state index contributed by atoms with van der Waals surface area (Å²) in [7, 11) is 0. The molecule has 2 heterocycles. The summed E-state index contributed by atoms with van der Waals surface area (Å²) in [5, 5.41) is 3.05. The van der Waals surface area contributed by atoms with E-state index in [-0.39, 0.29) is 6.04 Å². The summed E-state index contributed by atoms with van der Waals surface area (Å²) in [6.07, 6.45) is -4.03. The Bertz CT molecular complexity index is 169. The maximum Gasteiger partial charge on any atom is 0.401 e. The Kier molecular flexibility index (Phi) is 3.18. The van der Waals surface area contributed by atoms with E-state index in [9.17, 15) is 13.2 Å². The van der Waals surface area contributed by atoms with E-state index in [4.69, 9.17) is 0 Å². The van der Waals surface area contributed by atoms with E-state index >= 15 is 0 Å². The van der Waals surface area contributed by atoms with Gasteiger partial charge in [0.1, 0.15) is 0 Å². The maximum absolute atomic E-state index is 11.8. The molecule has 0 amide bonds. The van der Waals surface area contributed by atoms with E-state index < -0.39 is 12.7 Å². The van der Waals surface area contributed by atoms with Crippen LogP contribution in [0.25, 0.3) is 0 Å². The lowest BCUT2D eigenvalue weighted by Crippen LogP contribution is -2.78. The first kappa shape index (κ1) is 10.8. The summed E-state index contributed by atoms with van der Waals surface area (Å²) >= 11 is 0. The molecule has 2 saturated heterocycles. The van der Waals surface area contributed by atoms with Crippen molar-refractivity contribution in [2.75, 3.05) is 19.6 Å². The lowest BCUT2D eigenvalue weighted by atomic mass is 9.89. The average molecular weight is 196 g/mol. The molecule has 78 valence electrons. The van der Waals surface area contributed by atoms with Gasteiger partial charge in [0.2, 0.25) is 0 Å². The monoisotopic (exact) mass is 196 g/mol. The number of alkyl halides is 3. The third-order valence-corrected chi connectivity index (χ3v) is 2.34. The zero-order valence-electron chi connectivity index (χ0n) is 7.86. The summed E-state index contributed by atoms with van der Waals surface area (Å²) < 4.78 is 35.4. The highest BCUT2D eigenvalue weighted by Gasteiger charge is 2.48.